The summed E-state index contributed by atoms with van der Waals surface area (Å²) in [5, 5.41) is 21.0. The fourth-order valence-corrected chi connectivity index (χ4v) is 6.11. The van der Waals surface area contributed by atoms with E-state index < -0.39 is 33.8 Å². The van der Waals surface area contributed by atoms with Crippen molar-refractivity contribution in [3.05, 3.63) is 112 Å². The van der Waals surface area contributed by atoms with Gasteiger partial charge in [-0.3, -0.25) is 4.79 Å². The number of rotatable bonds is 6. The number of carbonyl (C=O) groups excluding carboxylic acids is 1. The number of aromatic nitrogens is 3. The zero-order valence-electron chi connectivity index (χ0n) is 25.0. The Balaban J connectivity index is 0.000000226. The van der Waals surface area contributed by atoms with Crippen molar-refractivity contribution in [3.8, 4) is 16.9 Å². The van der Waals surface area contributed by atoms with E-state index in [0.717, 1.165) is 11.6 Å². The number of benzene rings is 2. The standard InChI is InChI=1S/C17H14F3N3OS.C7H11NO2S2.C6H6N2O/c1-11-2-4-12(5-3-11)15-10-16(17(18,19)20)22-23(15)13-6-8-14(9-7-13)25(21)24;1-4-6(9)7(11-3)5(2)12(10)8-4;9-5-8-6-3-1-2-4-7-6/h2-10H,21H2,1H3;8-9H,1-3H3;1-5H,(H,7,8,9). The van der Waals surface area contributed by atoms with E-state index in [2.05, 4.69) is 20.1 Å². The van der Waals surface area contributed by atoms with Gasteiger partial charge in [0.15, 0.2) is 5.69 Å². The van der Waals surface area contributed by atoms with Crippen molar-refractivity contribution in [1.29, 1.82) is 0 Å². The van der Waals surface area contributed by atoms with Crippen LogP contribution >= 0.6 is 11.8 Å². The molecule has 1 aliphatic rings. The minimum atomic E-state index is -4.55. The van der Waals surface area contributed by atoms with Gasteiger partial charge in [-0.15, -0.1) is 11.8 Å². The molecule has 1 aliphatic heterocycles. The summed E-state index contributed by atoms with van der Waals surface area (Å²) in [6, 6.07) is 19.5. The van der Waals surface area contributed by atoms with Crippen LogP contribution in [0.2, 0.25) is 0 Å². The number of nitrogens with one attached hydrogen (secondary N) is 2. The maximum atomic E-state index is 13.1. The fourth-order valence-electron chi connectivity index (χ4n) is 3.80. The van der Waals surface area contributed by atoms with Crippen LogP contribution in [0.25, 0.3) is 16.9 Å². The van der Waals surface area contributed by atoms with Gasteiger partial charge in [-0.2, -0.15) is 18.3 Å². The summed E-state index contributed by atoms with van der Waals surface area (Å²) in [5.74, 6) is 0.784. The van der Waals surface area contributed by atoms with Crippen LogP contribution in [0.1, 0.15) is 25.1 Å². The molecule has 16 heteroatoms. The lowest BCUT2D eigenvalue weighted by Gasteiger charge is -2.18. The first-order chi connectivity index (χ1) is 21.8. The number of halogens is 3. The lowest BCUT2D eigenvalue weighted by atomic mass is 10.1. The van der Waals surface area contributed by atoms with Crippen molar-refractivity contribution in [3.63, 3.8) is 0 Å². The molecule has 0 saturated carbocycles. The fraction of sp³-hybridized carbons (Fsp3) is 0.167. The summed E-state index contributed by atoms with van der Waals surface area (Å²) in [6.07, 6.45) is -0.484. The maximum Gasteiger partial charge on any atom is 0.435 e. The van der Waals surface area contributed by atoms with Gasteiger partial charge < -0.3 is 15.1 Å². The lowest BCUT2D eigenvalue weighted by Crippen LogP contribution is -2.22. The van der Waals surface area contributed by atoms with Crippen LogP contribution in [0.3, 0.4) is 0 Å². The topological polar surface area (TPSA) is 152 Å². The quantitative estimate of drug-likeness (QED) is 0.177. The van der Waals surface area contributed by atoms with Gasteiger partial charge in [0.2, 0.25) is 6.41 Å². The van der Waals surface area contributed by atoms with Crippen LogP contribution in [0.15, 0.2) is 105 Å². The first-order valence-corrected chi connectivity index (χ1v) is 16.8. The van der Waals surface area contributed by atoms with Crippen LogP contribution in [0.5, 0.6) is 0 Å². The van der Waals surface area contributed by atoms with Gasteiger partial charge in [-0.1, -0.05) is 35.9 Å². The molecule has 0 saturated heterocycles. The van der Waals surface area contributed by atoms with E-state index in [4.69, 9.17) is 5.14 Å². The summed E-state index contributed by atoms with van der Waals surface area (Å²) < 4.78 is 65.8. The number of hydrogen-bond donors (Lipinski definition) is 4. The van der Waals surface area contributed by atoms with Crippen LogP contribution in [-0.2, 0) is 32.9 Å². The number of hydrogen-bond acceptors (Lipinski definition) is 7. The van der Waals surface area contributed by atoms with E-state index in [9.17, 15) is 31.5 Å². The Hall–Kier alpha value is -4.25. The van der Waals surface area contributed by atoms with E-state index in [1.54, 1.807) is 50.4 Å². The van der Waals surface area contributed by atoms with Gasteiger partial charge in [0.1, 0.15) is 33.5 Å². The van der Waals surface area contributed by atoms with Crippen molar-refractivity contribution in [2.45, 2.75) is 31.8 Å². The molecule has 1 amide bonds. The van der Waals surface area contributed by atoms with E-state index in [0.29, 0.717) is 49.6 Å². The van der Waals surface area contributed by atoms with E-state index in [1.807, 2.05) is 25.3 Å². The molecule has 0 aliphatic carbocycles. The first kappa shape index (κ1) is 36.2. The van der Waals surface area contributed by atoms with Crippen molar-refractivity contribution in [2.75, 3.05) is 11.6 Å². The van der Waals surface area contributed by atoms with Gasteiger partial charge in [0, 0.05) is 11.8 Å². The minimum absolute atomic E-state index is 0.208. The monoisotopic (exact) mass is 692 g/mol. The molecule has 2 atom stereocenters. The Bertz CT molecular complexity index is 1760. The number of alkyl halides is 3. The van der Waals surface area contributed by atoms with E-state index >= 15 is 0 Å². The Labute approximate surface area is 273 Å². The predicted molar refractivity (Wildman–Crippen MR) is 176 cm³/mol. The normalized spacial score (nSPS) is 15.1. The molecule has 244 valence electrons. The molecule has 2 unspecified atom stereocenters. The third kappa shape index (κ3) is 9.62. The molecule has 46 heavy (non-hydrogen) atoms. The van der Waals surface area contributed by atoms with Crippen molar-refractivity contribution in [1.82, 2.24) is 19.5 Å². The smallest absolute Gasteiger partial charge is 0.435 e. The van der Waals surface area contributed by atoms with Gasteiger partial charge in [-0.25, -0.2) is 23.2 Å². The SMILES string of the molecule is CSC1=C(C)S(=O)NC(C)=C1O.Cc1ccc(-c2cc(C(F)(F)F)nn2-c2ccc(S(N)=O)cc2)cc1.O=CNc1ccccn1. The maximum absolute atomic E-state index is 13.1. The summed E-state index contributed by atoms with van der Waals surface area (Å²) in [4.78, 5) is 15.4. The molecule has 2 aromatic heterocycles. The number of nitrogens with two attached hydrogens (primary N) is 1. The number of thioether (sulfide) groups is 1. The third-order valence-electron chi connectivity index (χ3n) is 6.15. The molecule has 5 rings (SSSR count). The summed E-state index contributed by atoms with van der Waals surface area (Å²) in [6.45, 7) is 5.35. The molecule has 10 nitrogen and oxygen atoms in total. The third-order valence-corrected chi connectivity index (χ3v) is 9.18. The number of allylic oxidation sites excluding steroid dienone is 2. The average molecular weight is 693 g/mol. The molecular weight excluding hydrogens is 662 g/mol. The first-order valence-electron chi connectivity index (χ1n) is 13.2. The number of aryl methyl sites for hydroxylation is 1. The van der Waals surface area contributed by atoms with Gasteiger partial charge >= 0.3 is 6.18 Å². The zero-order valence-corrected chi connectivity index (χ0v) is 27.5. The number of anilines is 1. The minimum Gasteiger partial charge on any atom is -0.505 e. The molecule has 0 radical (unpaired) electrons. The van der Waals surface area contributed by atoms with Gasteiger partial charge in [0.05, 0.1) is 31.8 Å². The number of aliphatic hydroxyl groups is 1. The van der Waals surface area contributed by atoms with E-state index in [1.165, 1.54) is 40.7 Å². The molecular formula is C30H31F3N6O4S3. The molecule has 0 spiro atoms. The molecule has 2 aromatic carbocycles. The van der Waals surface area contributed by atoms with Gasteiger partial charge in [-0.05, 0) is 69.5 Å². The van der Waals surface area contributed by atoms with Crippen LogP contribution < -0.4 is 15.2 Å². The second kappa shape index (κ2) is 16.4. The lowest BCUT2D eigenvalue weighted by molar-refractivity contribution is -0.141. The van der Waals surface area contributed by atoms with Crippen LogP contribution in [0, 0.1) is 6.92 Å². The number of carbonyl (C=O) groups is 1. The second-order valence-corrected chi connectivity index (χ2v) is 12.6. The summed E-state index contributed by atoms with van der Waals surface area (Å²) >= 11 is 1.41. The highest BCUT2D eigenvalue weighted by molar-refractivity contribution is 8.03. The second-order valence-electron chi connectivity index (χ2n) is 9.39. The van der Waals surface area contributed by atoms with Gasteiger partial charge in [0.25, 0.3) is 0 Å². The molecule has 0 fully saturated rings. The van der Waals surface area contributed by atoms with Crippen molar-refractivity contribution >= 4 is 46.0 Å². The Kier molecular flexibility index (Phi) is 12.9. The summed E-state index contributed by atoms with van der Waals surface area (Å²) in [7, 11) is -2.83. The Morgan fingerprint density at radius 1 is 1.07 bits per heavy atom. The number of amides is 1. The van der Waals surface area contributed by atoms with Crippen molar-refractivity contribution in [2.24, 2.45) is 5.14 Å². The number of aliphatic hydroxyl groups excluding tert-OH is 1. The largest absolute Gasteiger partial charge is 0.505 e. The van der Waals surface area contributed by atoms with Crippen molar-refractivity contribution < 1.29 is 31.5 Å². The Morgan fingerprint density at radius 3 is 2.24 bits per heavy atom. The highest BCUT2D eigenvalue weighted by Gasteiger charge is 2.35. The number of nitrogens with zero attached hydrogens (tertiary/aromatic N) is 3. The molecule has 3 heterocycles. The Morgan fingerprint density at radius 2 is 1.72 bits per heavy atom. The molecule has 4 aromatic rings. The predicted octanol–water partition coefficient (Wildman–Crippen LogP) is 6.14. The highest BCUT2D eigenvalue weighted by Crippen LogP contribution is 2.33. The van der Waals surface area contributed by atoms with Crippen LogP contribution in [0.4, 0.5) is 19.0 Å². The van der Waals surface area contributed by atoms with E-state index in [-0.39, 0.29) is 5.76 Å². The average Bonchev–Trinajstić information content (AvgIpc) is 3.49. The highest BCUT2D eigenvalue weighted by atomic mass is 32.2. The van der Waals surface area contributed by atoms with Crippen LogP contribution in [-0.4, -0.2) is 41.0 Å². The molecule has 5 N–H and O–H groups in total. The zero-order chi connectivity index (χ0) is 34.0. The molecule has 0 bridgehead atoms. The summed E-state index contributed by atoms with van der Waals surface area (Å²) in [5.41, 5.74) is 1.94. The number of pyridine rings is 1.